The number of rotatable bonds is 5. The van der Waals surface area contributed by atoms with Crippen molar-refractivity contribution in [3.63, 3.8) is 0 Å². The lowest BCUT2D eigenvalue weighted by Crippen LogP contribution is -2.38. The van der Waals surface area contributed by atoms with Gasteiger partial charge in [0.15, 0.2) is 0 Å². The molecule has 19 heavy (non-hydrogen) atoms. The van der Waals surface area contributed by atoms with Crippen LogP contribution in [0.4, 0.5) is 5.69 Å². The van der Waals surface area contributed by atoms with E-state index in [1.165, 1.54) is 0 Å². The number of pyridine rings is 1. The van der Waals surface area contributed by atoms with Gasteiger partial charge in [0.25, 0.3) is 0 Å². The molecular weight excluding hydrogens is 242 g/mol. The minimum absolute atomic E-state index is 0.0608. The summed E-state index contributed by atoms with van der Waals surface area (Å²) in [5.41, 5.74) is 0.340. The van der Waals surface area contributed by atoms with Gasteiger partial charge in [-0.3, -0.25) is 4.79 Å². The van der Waals surface area contributed by atoms with Crippen LogP contribution < -0.4 is 15.4 Å². The predicted octanol–water partition coefficient (Wildman–Crippen LogP) is 1.81. The van der Waals surface area contributed by atoms with Crippen molar-refractivity contribution >= 4 is 11.6 Å². The van der Waals surface area contributed by atoms with Gasteiger partial charge in [-0.15, -0.1) is 0 Å². The Morgan fingerprint density at radius 2 is 2.47 bits per heavy atom. The number of nitrogens with zero attached hydrogens (tertiary/aromatic N) is 1. The Morgan fingerprint density at radius 1 is 1.63 bits per heavy atom. The third-order valence-corrected chi connectivity index (χ3v) is 3.67. The highest BCUT2D eigenvalue weighted by atomic mass is 16.5. The Morgan fingerprint density at radius 3 is 3.11 bits per heavy atom. The van der Waals surface area contributed by atoms with Crippen molar-refractivity contribution in [1.29, 1.82) is 0 Å². The second-order valence-electron chi connectivity index (χ2n) is 4.97. The third kappa shape index (κ3) is 2.87. The molecule has 1 atom stereocenters. The molecular formula is C14H21N3O2. The molecule has 0 aromatic carbocycles. The maximum absolute atomic E-state index is 12.6. The van der Waals surface area contributed by atoms with Crippen molar-refractivity contribution in [1.82, 2.24) is 10.3 Å². The molecule has 2 rings (SSSR count). The van der Waals surface area contributed by atoms with E-state index in [4.69, 9.17) is 4.74 Å². The van der Waals surface area contributed by atoms with Crippen LogP contribution in [0, 0.1) is 5.41 Å². The lowest BCUT2D eigenvalue weighted by atomic mass is 9.81. The van der Waals surface area contributed by atoms with E-state index in [1.54, 1.807) is 19.4 Å². The zero-order valence-electron chi connectivity index (χ0n) is 11.5. The fourth-order valence-electron chi connectivity index (χ4n) is 2.65. The smallest absolute Gasteiger partial charge is 0.237 e. The number of ether oxygens (including phenoxy) is 1. The van der Waals surface area contributed by atoms with Crippen LogP contribution in [0.2, 0.25) is 0 Å². The minimum atomic E-state index is -0.296. The number of carbonyl (C=O) groups is 1. The van der Waals surface area contributed by atoms with Crippen molar-refractivity contribution in [3.05, 3.63) is 18.3 Å². The molecule has 5 nitrogen and oxygen atoms in total. The van der Waals surface area contributed by atoms with Gasteiger partial charge in [0.1, 0.15) is 5.69 Å². The van der Waals surface area contributed by atoms with Crippen molar-refractivity contribution < 1.29 is 9.53 Å². The van der Waals surface area contributed by atoms with Crippen LogP contribution in [0.5, 0.6) is 5.88 Å². The first-order chi connectivity index (χ1) is 9.22. The first kappa shape index (κ1) is 13.8. The number of nitrogens with one attached hydrogen (secondary N) is 2. The summed E-state index contributed by atoms with van der Waals surface area (Å²) in [7, 11) is 1.55. The molecule has 1 fully saturated rings. The summed E-state index contributed by atoms with van der Waals surface area (Å²) < 4.78 is 5.16. The van der Waals surface area contributed by atoms with E-state index in [0.717, 1.165) is 32.4 Å². The van der Waals surface area contributed by atoms with E-state index in [0.29, 0.717) is 11.6 Å². The van der Waals surface area contributed by atoms with Crippen LogP contribution in [0.3, 0.4) is 0 Å². The summed E-state index contributed by atoms with van der Waals surface area (Å²) in [5.74, 6) is 0.513. The molecule has 1 aliphatic rings. The highest BCUT2D eigenvalue weighted by Gasteiger charge is 2.40. The zero-order chi connectivity index (χ0) is 13.7. The number of hydrogen-bond donors (Lipinski definition) is 2. The molecule has 1 amide bonds. The van der Waals surface area contributed by atoms with Gasteiger partial charge in [-0.25, -0.2) is 4.98 Å². The quantitative estimate of drug-likeness (QED) is 0.850. The van der Waals surface area contributed by atoms with E-state index < -0.39 is 0 Å². The number of amides is 1. The Balaban J connectivity index is 2.15. The molecule has 1 aliphatic heterocycles. The summed E-state index contributed by atoms with van der Waals surface area (Å²) in [6.45, 7) is 3.75. The Bertz CT molecular complexity index is 442. The second-order valence-corrected chi connectivity index (χ2v) is 4.97. The highest BCUT2D eigenvalue weighted by Crippen LogP contribution is 2.33. The molecule has 1 aromatic rings. The van der Waals surface area contributed by atoms with Crippen LogP contribution in [-0.4, -0.2) is 31.1 Å². The first-order valence-electron chi connectivity index (χ1n) is 6.73. The van der Waals surface area contributed by atoms with Crippen molar-refractivity contribution in [3.8, 4) is 5.88 Å². The number of aromatic nitrogens is 1. The van der Waals surface area contributed by atoms with E-state index in [9.17, 15) is 4.79 Å². The second kappa shape index (κ2) is 6.02. The Hall–Kier alpha value is -1.62. The maximum Gasteiger partial charge on any atom is 0.237 e. The largest absolute Gasteiger partial charge is 0.480 e. The number of anilines is 1. The summed E-state index contributed by atoms with van der Waals surface area (Å²) in [6.07, 6.45) is 4.43. The van der Waals surface area contributed by atoms with E-state index in [1.807, 2.05) is 6.07 Å². The van der Waals surface area contributed by atoms with Gasteiger partial charge < -0.3 is 15.4 Å². The Labute approximate surface area is 113 Å². The molecule has 0 bridgehead atoms. The molecule has 2 heterocycles. The summed E-state index contributed by atoms with van der Waals surface area (Å²) in [4.78, 5) is 16.7. The van der Waals surface area contributed by atoms with E-state index in [2.05, 4.69) is 22.5 Å². The molecule has 0 radical (unpaired) electrons. The lowest BCUT2D eigenvalue weighted by molar-refractivity contribution is -0.125. The average Bonchev–Trinajstić information content (AvgIpc) is 2.90. The number of carbonyl (C=O) groups excluding carboxylic acids is 1. The number of methoxy groups -OCH3 is 1. The van der Waals surface area contributed by atoms with Crippen molar-refractivity contribution in [2.45, 2.75) is 26.2 Å². The van der Waals surface area contributed by atoms with E-state index in [-0.39, 0.29) is 11.3 Å². The predicted molar refractivity (Wildman–Crippen MR) is 74.2 cm³/mol. The fourth-order valence-corrected chi connectivity index (χ4v) is 2.65. The van der Waals surface area contributed by atoms with Crippen molar-refractivity contribution in [2.75, 3.05) is 25.5 Å². The molecule has 1 unspecified atom stereocenters. The van der Waals surface area contributed by atoms with Gasteiger partial charge in [-0.1, -0.05) is 13.3 Å². The Kier molecular flexibility index (Phi) is 4.37. The van der Waals surface area contributed by atoms with Gasteiger partial charge in [-0.2, -0.15) is 0 Å². The van der Waals surface area contributed by atoms with E-state index >= 15 is 0 Å². The van der Waals surface area contributed by atoms with Gasteiger partial charge in [0.2, 0.25) is 11.8 Å². The van der Waals surface area contributed by atoms with Gasteiger partial charge >= 0.3 is 0 Å². The van der Waals surface area contributed by atoms with Crippen molar-refractivity contribution in [2.24, 2.45) is 5.41 Å². The molecule has 104 valence electrons. The molecule has 5 heteroatoms. The minimum Gasteiger partial charge on any atom is -0.480 e. The normalized spacial score (nSPS) is 22.2. The zero-order valence-corrected chi connectivity index (χ0v) is 11.5. The molecule has 1 aromatic heterocycles. The molecule has 0 saturated carbocycles. The topological polar surface area (TPSA) is 63.2 Å². The summed E-state index contributed by atoms with van der Waals surface area (Å²) >= 11 is 0. The van der Waals surface area contributed by atoms with Gasteiger partial charge in [-0.05, 0) is 31.5 Å². The van der Waals surface area contributed by atoms with Gasteiger partial charge in [0.05, 0.1) is 12.5 Å². The molecule has 0 spiro atoms. The third-order valence-electron chi connectivity index (χ3n) is 3.67. The fraction of sp³-hybridized carbons (Fsp3) is 0.571. The molecule has 1 saturated heterocycles. The highest BCUT2D eigenvalue weighted by molar-refractivity contribution is 5.96. The molecule has 2 N–H and O–H groups in total. The van der Waals surface area contributed by atoms with Crippen LogP contribution in [0.25, 0.3) is 0 Å². The number of hydrogen-bond acceptors (Lipinski definition) is 4. The lowest BCUT2D eigenvalue weighted by Gasteiger charge is -2.26. The average molecular weight is 263 g/mol. The van der Waals surface area contributed by atoms with Gasteiger partial charge in [0, 0.05) is 12.7 Å². The van der Waals surface area contributed by atoms with Crippen LogP contribution in [0.1, 0.15) is 26.2 Å². The van der Waals surface area contributed by atoms with Crippen LogP contribution in [-0.2, 0) is 4.79 Å². The first-order valence-corrected chi connectivity index (χ1v) is 6.73. The summed E-state index contributed by atoms with van der Waals surface area (Å²) in [6, 6.07) is 3.60. The molecule has 0 aliphatic carbocycles. The SMILES string of the molecule is CCCC1(C(=O)Nc2cccnc2OC)CCNC1. The standard InChI is InChI=1S/C14H21N3O2/c1-3-6-14(7-9-15-10-14)13(18)17-11-5-4-8-16-12(11)19-2/h4-5,8,15H,3,6-7,9-10H2,1-2H3,(H,17,18). The van der Waals surface area contributed by atoms with Crippen LogP contribution >= 0.6 is 0 Å². The summed E-state index contributed by atoms with van der Waals surface area (Å²) in [5, 5.41) is 6.25. The monoisotopic (exact) mass is 263 g/mol. The maximum atomic E-state index is 12.6. The van der Waals surface area contributed by atoms with Crippen LogP contribution in [0.15, 0.2) is 18.3 Å².